The van der Waals surface area contributed by atoms with Gasteiger partial charge in [0.1, 0.15) is 6.10 Å². The molecule has 5 heteroatoms. The zero-order valence-corrected chi connectivity index (χ0v) is 13.2. The average Bonchev–Trinajstić information content (AvgIpc) is 3.19. The second-order valence-corrected chi connectivity index (χ2v) is 6.55. The van der Waals surface area contributed by atoms with Gasteiger partial charge in [0, 0.05) is 37.3 Å². The fourth-order valence-corrected chi connectivity index (χ4v) is 3.72. The third kappa shape index (κ3) is 3.41. The van der Waals surface area contributed by atoms with Crippen molar-refractivity contribution in [2.45, 2.75) is 37.5 Å². The van der Waals surface area contributed by atoms with Crippen LogP contribution in [0, 0.1) is 0 Å². The molecule has 4 rings (SSSR count). The Labute approximate surface area is 136 Å². The highest BCUT2D eigenvalue weighted by atomic mass is 16.6. The van der Waals surface area contributed by atoms with Gasteiger partial charge in [-0.3, -0.25) is 4.90 Å². The third-order valence-corrected chi connectivity index (χ3v) is 4.71. The van der Waals surface area contributed by atoms with E-state index in [9.17, 15) is 0 Å². The van der Waals surface area contributed by atoms with E-state index < -0.39 is 0 Å². The van der Waals surface area contributed by atoms with E-state index in [2.05, 4.69) is 9.88 Å². The fourth-order valence-electron chi connectivity index (χ4n) is 3.72. The predicted octanol–water partition coefficient (Wildman–Crippen LogP) is 2.88. The van der Waals surface area contributed by atoms with Crippen molar-refractivity contribution in [1.82, 2.24) is 9.88 Å². The Balaban J connectivity index is 1.37. The number of hydrogen-bond acceptors (Lipinski definition) is 5. The maximum atomic E-state index is 6.20. The molecular formula is C18H22N2O3. The number of rotatable bonds is 4. The first-order valence-corrected chi connectivity index (χ1v) is 8.26. The van der Waals surface area contributed by atoms with Crippen LogP contribution in [-0.2, 0) is 11.3 Å². The van der Waals surface area contributed by atoms with Crippen molar-refractivity contribution in [3.05, 3.63) is 48.6 Å². The minimum absolute atomic E-state index is 0.0680. The molecule has 2 fully saturated rings. The molecule has 2 saturated heterocycles. The van der Waals surface area contributed by atoms with Gasteiger partial charge in [-0.1, -0.05) is 6.07 Å². The van der Waals surface area contributed by atoms with Gasteiger partial charge in [0.05, 0.1) is 24.7 Å². The summed E-state index contributed by atoms with van der Waals surface area (Å²) in [5.74, 6) is 0.684. The van der Waals surface area contributed by atoms with Crippen molar-refractivity contribution in [1.29, 1.82) is 0 Å². The molecule has 2 aromatic heterocycles. The van der Waals surface area contributed by atoms with Gasteiger partial charge in [-0.2, -0.15) is 0 Å². The highest BCUT2D eigenvalue weighted by Crippen LogP contribution is 2.36. The second-order valence-electron chi connectivity index (χ2n) is 6.55. The van der Waals surface area contributed by atoms with E-state index in [4.69, 9.17) is 13.9 Å². The Hall–Kier alpha value is -1.85. The maximum Gasteiger partial charge on any atom is 0.213 e. The van der Waals surface area contributed by atoms with E-state index in [1.165, 1.54) is 5.56 Å². The number of ether oxygens (including phenoxy) is 2. The van der Waals surface area contributed by atoms with E-state index in [-0.39, 0.29) is 11.7 Å². The van der Waals surface area contributed by atoms with Crippen molar-refractivity contribution in [2.24, 2.45) is 0 Å². The summed E-state index contributed by atoms with van der Waals surface area (Å²) < 4.78 is 17.3. The first kappa shape index (κ1) is 14.7. The molecule has 0 aliphatic carbocycles. The number of furan rings is 1. The minimum atomic E-state index is -0.0680. The Morgan fingerprint density at radius 1 is 1.35 bits per heavy atom. The van der Waals surface area contributed by atoms with Gasteiger partial charge in [0.2, 0.25) is 5.88 Å². The summed E-state index contributed by atoms with van der Waals surface area (Å²) in [5, 5.41) is 0. The largest absolute Gasteiger partial charge is 0.472 e. The van der Waals surface area contributed by atoms with E-state index in [0.29, 0.717) is 12.5 Å². The average molecular weight is 314 g/mol. The Morgan fingerprint density at radius 2 is 2.35 bits per heavy atom. The normalized spacial score (nSPS) is 28.3. The van der Waals surface area contributed by atoms with Crippen molar-refractivity contribution in [3.63, 3.8) is 0 Å². The Bertz CT molecular complexity index is 616. The molecule has 2 aromatic rings. The van der Waals surface area contributed by atoms with Crippen LogP contribution >= 0.6 is 0 Å². The zero-order chi connectivity index (χ0) is 15.5. The SMILES string of the molecule is c1ccc(O[C@H]2CO[C@@]3(CCCN(Cc4ccoc4)C3)C2)nc1. The molecule has 122 valence electrons. The molecule has 2 aliphatic heterocycles. The molecule has 2 atom stereocenters. The Morgan fingerprint density at radius 3 is 3.17 bits per heavy atom. The van der Waals surface area contributed by atoms with Crippen LogP contribution in [0.2, 0.25) is 0 Å². The van der Waals surface area contributed by atoms with Crippen molar-refractivity contribution in [3.8, 4) is 5.88 Å². The van der Waals surface area contributed by atoms with Crippen LogP contribution < -0.4 is 4.74 Å². The molecule has 2 aliphatic rings. The molecule has 5 nitrogen and oxygen atoms in total. The number of likely N-dealkylation sites (tertiary alicyclic amines) is 1. The van der Waals surface area contributed by atoms with Gasteiger partial charge in [-0.15, -0.1) is 0 Å². The maximum absolute atomic E-state index is 6.20. The van der Waals surface area contributed by atoms with Crippen LogP contribution in [0.15, 0.2) is 47.4 Å². The lowest BCUT2D eigenvalue weighted by Gasteiger charge is -2.39. The Kier molecular flexibility index (Phi) is 4.06. The highest BCUT2D eigenvalue weighted by molar-refractivity contribution is 5.11. The lowest BCUT2D eigenvalue weighted by molar-refractivity contribution is -0.0538. The summed E-state index contributed by atoms with van der Waals surface area (Å²) in [7, 11) is 0. The zero-order valence-electron chi connectivity index (χ0n) is 13.2. The molecule has 0 bridgehead atoms. The van der Waals surface area contributed by atoms with Crippen LogP contribution in [0.4, 0.5) is 0 Å². The van der Waals surface area contributed by atoms with E-state index in [1.54, 1.807) is 12.5 Å². The van der Waals surface area contributed by atoms with Crippen molar-refractivity contribution < 1.29 is 13.9 Å². The van der Waals surface area contributed by atoms with E-state index in [1.807, 2.05) is 30.5 Å². The molecule has 0 amide bonds. The summed E-state index contributed by atoms with van der Waals surface area (Å²) in [4.78, 5) is 6.70. The van der Waals surface area contributed by atoms with Gasteiger partial charge in [-0.05, 0) is 31.5 Å². The number of hydrogen-bond donors (Lipinski definition) is 0. The molecule has 0 saturated carbocycles. The summed E-state index contributed by atoms with van der Waals surface area (Å²) in [5.41, 5.74) is 1.16. The molecular weight excluding hydrogens is 292 g/mol. The number of nitrogens with zero attached hydrogens (tertiary/aromatic N) is 2. The monoisotopic (exact) mass is 314 g/mol. The number of pyridine rings is 1. The topological polar surface area (TPSA) is 47.7 Å². The molecule has 23 heavy (non-hydrogen) atoms. The van der Waals surface area contributed by atoms with Crippen LogP contribution in [0.5, 0.6) is 5.88 Å². The van der Waals surface area contributed by atoms with Crippen molar-refractivity contribution >= 4 is 0 Å². The smallest absolute Gasteiger partial charge is 0.213 e. The van der Waals surface area contributed by atoms with Crippen LogP contribution in [-0.4, -0.2) is 41.3 Å². The fraction of sp³-hybridized carbons (Fsp3) is 0.500. The molecule has 0 aromatic carbocycles. The van der Waals surface area contributed by atoms with Crippen LogP contribution in [0.1, 0.15) is 24.8 Å². The summed E-state index contributed by atoms with van der Waals surface area (Å²) in [6.45, 7) is 3.64. The van der Waals surface area contributed by atoms with Gasteiger partial charge in [-0.25, -0.2) is 4.98 Å². The van der Waals surface area contributed by atoms with Crippen LogP contribution in [0.3, 0.4) is 0 Å². The standard InChI is InChI=1S/C18H22N2O3/c1-2-7-19-17(4-1)23-16-10-18(22-13-16)6-3-8-20(14-18)11-15-5-9-21-12-15/h1-2,4-5,7,9,12,16H,3,6,8,10-11,13-14H2/t16-,18+/m1/s1. The summed E-state index contributed by atoms with van der Waals surface area (Å²) >= 11 is 0. The molecule has 0 unspecified atom stereocenters. The van der Waals surface area contributed by atoms with Gasteiger partial charge in [0.15, 0.2) is 0 Å². The van der Waals surface area contributed by atoms with Crippen LogP contribution in [0.25, 0.3) is 0 Å². The molecule has 0 N–H and O–H groups in total. The van der Waals surface area contributed by atoms with E-state index >= 15 is 0 Å². The lowest BCUT2D eigenvalue weighted by atomic mass is 9.89. The van der Waals surface area contributed by atoms with Gasteiger partial charge in [0.25, 0.3) is 0 Å². The van der Waals surface area contributed by atoms with Gasteiger partial charge >= 0.3 is 0 Å². The summed E-state index contributed by atoms with van der Waals surface area (Å²) in [6.07, 6.45) is 8.62. The predicted molar refractivity (Wildman–Crippen MR) is 85.2 cm³/mol. The third-order valence-electron chi connectivity index (χ3n) is 4.71. The van der Waals surface area contributed by atoms with Crippen molar-refractivity contribution in [2.75, 3.05) is 19.7 Å². The van der Waals surface area contributed by atoms with Gasteiger partial charge < -0.3 is 13.9 Å². The molecule has 0 radical (unpaired) electrons. The second kappa shape index (κ2) is 6.34. The minimum Gasteiger partial charge on any atom is -0.472 e. The summed E-state index contributed by atoms with van der Waals surface area (Å²) in [6, 6.07) is 7.77. The molecule has 4 heterocycles. The quantitative estimate of drug-likeness (QED) is 0.868. The first-order valence-electron chi connectivity index (χ1n) is 8.26. The highest BCUT2D eigenvalue weighted by Gasteiger charge is 2.44. The number of piperidine rings is 1. The molecule has 1 spiro atoms. The lowest BCUT2D eigenvalue weighted by Crippen LogP contribution is -2.47. The first-order chi connectivity index (χ1) is 11.3. The number of aromatic nitrogens is 1. The van der Waals surface area contributed by atoms with E-state index in [0.717, 1.165) is 38.9 Å².